The molecule has 0 radical (unpaired) electrons. The largest absolute Gasteiger partial charge is 0.491 e. The highest BCUT2D eigenvalue weighted by atomic mass is 32.2. The van der Waals surface area contributed by atoms with E-state index in [1.165, 1.54) is 4.31 Å². The summed E-state index contributed by atoms with van der Waals surface area (Å²) < 4.78 is 43.5. The summed E-state index contributed by atoms with van der Waals surface area (Å²) >= 11 is 0. The van der Waals surface area contributed by atoms with Gasteiger partial charge in [0.15, 0.2) is 5.82 Å². The van der Waals surface area contributed by atoms with E-state index in [2.05, 4.69) is 10.1 Å². The molecule has 0 unspecified atom stereocenters. The second kappa shape index (κ2) is 8.37. The monoisotopic (exact) mass is 395 g/mol. The maximum atomic E-state index is 13.1. The topological polar surface area (TPSA) is 94.8 Å². The van der Waals surface area contributed by atoms with Gasteiger partial charge >= 0.3 is 0 Å². The molecule has 0 spiro atoms. The van der Waals surface area contributed by atoms with Crippen LogP contribution in [0.15, 0.2) is 27.6 Å². The van der Waals surface area contributed by atoms with Crippen molar-refractivity contribution < 1.29 is 22.4 Å². The molecule has 3 rings (SSSR count). The Balaban J connectivity index is 1.76. The van der Waals surface area contributed by atoms with Crippen molar-refractivity contribution >= 4 is 10.0 Å². The average molecular weight is 395 g/mol. The highest BCUT2D eigenvalue weighted by Gasteiger charge is 2.33. The van der Waals surface area contributed by atoms with Gasteiger partial charge in [0.05, 0.1) is 17.4 Å². The van der Waals surface area contributed by atoms with Crippen molar-refractivity contribution in [2.75, 3.05) is 33.4 Å². The fourth-order valence-electron chi connectivity index (χ4n) is 3.17. The van der Waals surface area contributed by atoms with Crippen LogP contribution in [0.5, 0.6) is 5.75 Å². The third-order valence-electron chi connectivity index (χ3n) is 4.61. The first-order valence-corrected chi connectivity index (χ1v) is 10.4. The number of benzene rings is 1. The molecule has 1 aliphatic heterocycles. The van der Waals surface area contributed by atoms with E-state index >= 15 is 0 Å². The summed E-state index contributed by atoms with van der Waals surface area (Å²) in [6, 6.07) is 4.93. The van der Waals surface area contributed by atoms with Crippen LogP contribution in [-0.2, 0) is 14.8 Å². The second-order valence-corrected chi connectivity index (χ2v) is 8.59. The summed E-state index contributed by atoms with van der Waals surface area (Å²) in [6.07, 6.45) is 1.58. The maximum Gasteiger partial charge on any atom is 0.243 e. The molecular weight excluding hydrogens is 370 g/mol. The molecule has 1 aliphatic rings. The van der Waals surface area contributed by atoms with Gasteiger partial charge in [-0.3, -0.25) is 0 Å². The molecule has 9 heteroatoms. The van der Waals surface area contributed by atoms with Crippen molar-refractivity contribution in [2.45, 2.75) is 37.5 Å². The first-order chi connectivity index (χ1) is 12.9. The molecule has 148 valence electrons. The van der Waals surface area contributed by atoms with Crippen molar-refractivity contribution in [1.29, 1.82) is 0 Å². The van der Waals surface area contributed by atoms with Crippen molar-refractivity contribution in [2.24, 2.45) is 0 Å². The van der Waals surface area contributed by atoms with Gasteiger partial charge < -0.3 is 14.0 Å². The van der Waals surface area contributed by atoms with E-state index in [0.29, 0.717) is 43.8 Å². The first kappa shape index (κ1) is 19.8. The van der Waals surface area contributed by atoms with Crippen molar-refractivity contribution in [1.82, 2.24) is 14.4 Å². The minimum Gasteiger partial charge on any atom is -0.491 e. The molecule has 1 aromatic carbocycles. The molecule has 0 bridgehead atoms. The standard InChI is InChI=1S/C18H25N3O5S/c1-13-11-16(6-7-17(13)25-10-9-24-3)27(22,23)21-8-4-5-15(12-21)18-19-14(2)20-26-18/h6-7,11,15H,4-5,8-10,12H2,1-3H3/t15-/m0/s1. The van der Waals surface area contributed by atoms with Gasteiger partial charge in [-0.2, -0.15) is 9.29 Å². The third-order valence-corrected chi connectivity index (χ3v) is 6.47. The molecule has 0 N–H and O–H groups in total. The van der Waals surface area contributed by atoms with Gasteiger partial charge in [0.2, 0.25) is 15.9 Å². The molecule has 0 amide bonds. The summed E-state index contributed by atoms with van der Waals surface area (Å²) in [5.41, 5.74) is 0.772. The van der Waals surface area contributed by atoms with E-state index in [1.54, 1.807) is 32.2 Å². The lowest BCUT2D eigenvalue weighted by molar-refractivity contribution is 0.146. The number of methoxy groups -OCH3 is 1. The Morgan fingerprint density at radius 3 is 2.78 bits per heavy atom. The van der Waals surface area contributed by atoms with E-state index in [9.17, 15) is 8.42 Å². The molecule has 27 heavy (non-hydrogen) atoms. The smallest absolute Gasteiger partial charge is 0.243 e. The normalized spacial score (nSPS) is 18.6. The molecule has 0 saturated carbocycles. The van der Waals surface area contributed by atoms with Crippen LogP contribution < -0.4 is 4.74 Å². The minimum absolute atomic E-state index is 0.0764. The first-order valence-electron chi connectivity index (χ1n) is 8.94. The SMILES string of the molecule is COCCOc1ccc(S(=O)(=O)N2CCC[C@H](c3nc(C)no3)C2)cc1C. The number of hydrogen-bond donors (Lipinski definition) is 0. The summed E-state index contributed by atoms with van der Waals surface area (Å²) in [6.45, 7) is 5.31. The number of aromatic nitrogens is 2. The van der Waals surface area contributed by atoms with Crippen LogP contribution in [0.3, 0.4) is 0 Å². The number of nitrogens with zero attached hydrogens (tertiary/aromatic N) is 3. The average Bonchev–Trinajstić information content (AvgIpc) is 3.09. The van der Waals surface area contributed by atoms with Gasteiger partial charge in [0.25, 0.3) is 0 Å². The number of rotatable bonds is 7. The molecule has 1 aromatic heterocycles. The van der Waals surface area contributed by atoms with Gasteiger partial charge in [-0.05, 0) is 50.5 Å². The number of ether oxygens (including phenoxy) is 2. The van der Waals surface area contributed by atoms with Crippen LogP contribution in [0.25, 0.3) is 0 Å². The van der Waals surface area contributed by atoms with E-state index in [0.717, 1.165) is 18.4 Å². The molecular formula is C18H25N3O5S. The third kappa shape index (κ3) is 4.48. The zero-order valence-corrected chi connectivity index (χ0v) is 16.7. The van der Waals surface area contributed by atoms with E-state index in [1.807, 2.05) is 6.92 Å². The molecule has 2 heterocycles. The molecule has 2 aromatic rings. The van der Waals surface area contributed by atoms with Crippen LogP contribution in [0.1, 0.15) is 36.0 Å². The zero-order chi connectivity index (χ0) is 19.4. The Hall–Kier alpha value is -1.97. The summed E-state index contributed by atoms with van der Waals surface area (Å²) in [4.78, 5) is 4.52. The Kier molecular flexibility index (Phi) is 6.13. The lowest BCUT2D eigenvalue weighted by Gasteiger charge is -2.30. The number of aryl methyl sites for hydroxylation is 2. The Bertz CT molecular complexity index is 881. The van der Waals surface area contributed by atoms with Crippen LogP contribution in [0.4, 0.5) is 0 Å². The fraction of sp³-hybridized carbons (Fsp3) is 0.556. The van der Waals surface area contributed by atoms with E-state index < -0.39 is 10.0 Å². The van der Waals surface area contributed by atoms with Crippen LogP contribution >= 0.6 is 0 Å². The quantitative estimate of drug-likeness (QED) is 0.664. The molecule has 1 atom stereocenters. The van der Waals surface area contributed by atoms with Gasteiger partial charge in [-0.15, -0.1) is 0 Å². The molecule has 0 aliphatic carbocycles. The number of sulfonamides is 1. The summed E-state index contributed by atoms with van der Waals surface area (Å²) in [7, 11) is -1.99. The summed E-state index contributed by atoms with van der Waals surface area (Å²) in [5, 5.41) is 3.81. The van der Waals surface area contributed by atoms with Crippen molar-refractivity contribution in [3.63, 3.8) is 0 Å². The maximum absolute atomic E-state index is 13.1. The fourth-order valence-corrected chi connectivity index (χ4v) is 4.78. The molecule has 1 fully saturated rings. The van der Waals surface area contributed by atoms with Crippen LogP contribution in [-0.4, -0.2) is 56.3 Å². The van der Waals surface area contributed by atoms with E-state index in [-0.39, 0.29) is 10.8 Å². The van der Waals surface area contributed by atoms with Crippen LogP contribution in [0, 0.1) is 13.8 Å². The molecule has 8 nitrogen and oxygen atoms in total. The van der Waals surface area contributed by atoms with Gasteiger partial charge in [0.1, 0.15) is 12.4 Å². The zero-order valence-electron chi connectivity index (χ0n) is 15.8. The van der Waals surface area contributed by atoms with Crippen molar-refractivity contribution in [3.8, 4) is 5.75 Å². The highest BCUT2D eigenvalue weighted by Crippen LogP contribution is 2.31. The van der Waals surface area contributed by atoms with Gasteiger partial charge in [0, 0.05) is 20.2 Å². The van der Waals surface area contributed by atoms with Gasteiger partial charge in [-0.25, -0.2) is 8.42 Å². The van der Waals surface area contributed by atoms with Crippen molar-refractivity contribution in [3.05, 3.63) is 35.5 Å². The van der Waals surface area contributed by atoms with Gasteiger partial charge in [-0.1, -0.05) is 5.16 Å². The molecule has 1 saturated heterocycles. The Morgan fingerprint density at radius 1 is 1.30 bits per heavy atom. The predicted molar refractivity (Wildman–Crippen MR) is 98.3 cm³/mol. The predicted octanol–water partition coefficient (Wildman–Crippen LogP) is 2.28. The Morgan fingerprint density at radius 2 is 2.11 bits per heavy atom. The van der Waals surface area contributed by atoms with Crippen LogP contribution in [0.2, 0.25) is 0 Å². The lowest BCUT2D eigenvalue weighted by Crippen LogP contribution is -2.39. The highest BCUT2D eigenvalue weighted by molar-refractivity contribution is 7.89. The van der Waals surface area contributed by atoms with E-state index in [4.69, 9.17) is 14.0 Å². The summed E-state index contributed by atoms with van der Waals surface area (Å²) in [5.74, 6) is 1.64. The lowest BCUT2D eigenvalue weighted by atomic mass is 10.00. The minimum atomic E-state index is -3.60. The number of hydrogen-bond acceptors (Lipinski definition) is 7. The number of piperidine rings is 1. The second-order valence-electron chi connectivity index (χ2n) is 6.65. The Labute approximate surface area is 159 Å².